The van der Waals surface area contributed by atoms with Crippen LogP contribution in [0.25, 0.3) is 0 Å². The van der Waals surface area contributed by atoms with Crippen molar-refractivity contribution in [1.82, 2.24) is 4.90 Å². The summed E-state index contributed by atoms with van der Waals surface area (Å²) >= 11 is 3.36. The molecule has 0 fully saturated rings. The van der Waals surface area contributed by atoms with E-state index in [1.54, 1.807) is 12.5 Å². The molecule has 2 rings (SSSR count). The Labute approximate surface area is 121 Å². The lowest BCUT2D eigenvalue weighted by molar-refractivity contribution is 0.0968. The van der Waals surface area contributed by atoms with E-state index in [0.717, 1.165) is 28.7 Å². The number of hydrogen-bond acceptors (Lipinski definition) is 3. The molecule has 0 aliphatic carbocycles. The molecule has 0 aliphatic heterocycles. The molecule has 100 valence electrons. The molecule has 0 N–H and O–H groups in total. The van der Waals surface area contributed by atoms with Crippen molar-refractivity contribution in [3.8, 4) is 0 Å². The van der Waals surface area contributed by atoms with E-state index in [0.29, 0.717) is 6.42 Å². The summed E-state index contributed by atoms with van der Waals surface area (Å²) in [4.78, 5) is 14.1. The maximum atomic E-state index is 12.0. The molecular weight excluding hydrogens is 306 g/mol. The Hall–Kier alpha value is -1.39. The lowest BCUT2D eigenvalue weighted by Crippen LogP contribution is -2.21. The van der Waals surface area contributed by atoms with Crippen molar-refractivity contribution in [3.63, 3.8) is 0 Å². The van der Waals surface area contributed by atoms with Gasteiger partial charge in [-0.25, -0.2) is 0 Å². The first-order chi connectivity index (χ1) is 9.15. The number of furan rings is 1. The van der Waals surface area contributed by atoms with Gasteiger partial charge in [-0.1, -0.05) is 28.1 Å². The van der Waals surface area contributed by atoms with Gasteiger partial charge in [-0.3, -0.25) is 4.79 Å². The smallest absolute Gasteiger partial charge is 0.164 e. The normalized spacial score (nSPS) is 10.9. The summed E-state index contributed by atoms with van der Waals surface area (Å²) < 4.78 is 6.01. The molecule has 0 bridgehead atoms. The van der Waals surface area contributed by atoms with Gasteiger partial charge in [-0.15, -0.1) is 0 Å². The summed E-state index contributed by atoms with van der Waals surface area (Å²) in [5.74, 6) is 0.173. The average Bonchev–Trinajstić information content (AvgIpc) is 2.89. The average molecular weight is 322 g/mol. The quantitative estimate of drug-likeness (QED) is 0.760. The molecule has 19 heavy (non-hydrogen) atoms. The lowest BCUT2D eigenvalue weighted by atomic mass is 10.1. The van der Waals surface area contributed by atoms with Gasteiger partial charge in [0, 0.05) is 35.1 Å². The van der Waals surface area contributed by atoms with Crippen LogP contribution in [0.1, 0.15) is 22.3 Å². The fourth-order valence-corrected chi connectivity index (χ4v) is 2.11. The highest BCUT2D eigenvalue weighted by molar-refractivity contribution is 9.10. The minimum atomic E-state index is 0.173. The van der Waals surface area contributed by atoms with Crippen LogP contribution in [-0.2, 0) is 6.54 Å². The second kappa shape index (κ2) is 6.68. The summed E-state index contributed by atoms with van der Waals surface area (Å²) in [5.41, 5.74) is 1.89. The molecule has 0 unspecified atom stereocenters. The Kier molecular flexibility index (Phi) is 4.93. The lowest BCUT2D eigenvalue weighted by Gasteiger charge is -2.14. The highest BCUT2D eigenvalue weighted by Gasteiger charge is 2.08. The summed E-state index contributed by atoms with van der Waals surface area (Å²) in [6.45, 7) is 1.53. The molecule has 0 radical (unpaired) electrons. The van der Waals surface area contributed by atoms with E-state index in [2.05, 4.69) is 20.8 Å². The monoisotopic (exact) mass is 321 g/mol. The van der Waals surface area contributed by atoms with Crippen molar-refractivity contribution in [2.75, 3.05) is 13.6 Å². The third-order valence-corrected chi connectivity index (χ3v) is 3.45. The standard InChI is InChI=1S/C15H16BrNO2/c1-17(10-12-7-9-19-11-12)8-6-15(18)13-2-4-14(16)5-3-13/h2-5,7,9,11H,6,8,10H2,1H3. The molecule has 4 heteroatoms. The minimum absolute atomic E-state index is 0.173. The van der Waals surface area contributed by atoms with E-state index in [-0.39, 0.29) is 5.78 Å². The van der Waals surface area contributed by atoms with Gasteiger partial charge in [0.25, 0.3) is 0 Å². The Morgan fingerprint density at radius 2 is 2.00 bits per heavy atom. The van der Waals surface area contributed by atoms with Gasteiger partial charge in [-0.2, -0.15) is 0 Å². The van der Waals surface area contributed by atoms with Crippen LogP contribution < -0.4 is 0 Å². The van der Waals surface area contributed by atoms with Crippen molar-refractivity contribution >= 4 is 21.7 Å². The topological polar surface area (TPSA) is 33.5 Å². The zero-order chi connectivity index (χ0) is 13.7. The van der Waals surface area contributed by atoms with Gasteiger partial charge in [0.2, 0.25) is 0 Å². The van der Waals surface area contributed by atoms with Crippen LogP contribution in [0.3, 0.4) is 0 Å². The molecule has 0 amide bonds. The van der Waals surface area contributed by atoms with Crippen LogP contribution in [0.4, 0.5) is 0 Å². The molecule has 0 atom stereocenters. The number of hydrogen-bond donors (Lipinski definition) is 0. The summed E-state index contributed by atoms with van der Waals surface area (Å²) in [6.07, 6.45) is 3.92. The van der Waals surface area contributed by atoms with E-state index in [1.165, 1.54) is 0 Å². The van der Waals surface area contributed by atoms with E-state index in [4.69, 9.17) is 4.42 Å². The van der Waals surface area contributed by atoms with Gasteiger partial charge in [-0.05, 0) is 25.2 Å². The first kappa shape index (κ1) is 14.0. The maximum Gasteiger partial charge on any atom is 0.164 e. The zero-order valence-corrected chi connectivity index (χ0v) is 12.4. The predicted octanol–water partition coefficient (Wildman–Crippen LogP) is 3.75. The number of ketones is 1. The Morgan fingerprint density at radius 1 is 1.26 bits per heavy atom. The molecule has 0 aliphatic rings. The largest absolute Gasteiger partial charge is 0.472 e. The van der Waals surface area contributed by atoms with Gasteiger partial charge in [0.1, 0.15) is 0 Å². The van der Waals surface area contributed by atoms with E-state index in [1.807, 2.05) is 37.4 Å². The first-order valence-corrected chi connectivity index (χ1v) is 6.93. The first-order valence-electron chi connectivity index (χ1n) is 6.13. The predicted molar refractivity (Wildman–Crippen MR) is 78.1 cm³/mol. The molecule has 2 aromatic rings. The van der Waals surface area contributed by atoms with Crippen LogP contribution >= 0.6 is 15.9 Å². The van der Waals surface area contributed by atoms with E-state index in [9.17, 15) is 4.79 Å². The summed E-state index contributed by atoms with van der Waals surface area (Å²) in [7, 11) is 2.00. The SMILES string of the molecule is CN(CCC(=O)c1ccc(Br)cc1)Cc1ccoc1. The van der Waals surface area contributed by atoms with Crippen molar-refractivity contribution < 1.29 is 9.21 Å². The Bertz CT molecular complexity index is 520. The highest BCUT2D eigenvalue weighted by atomic mass is 79.9. The van der Waals surface area contributed by atoms with E-state index < -0.39 is 0 Å². The van der Waals surface area contributed by atoms with Crippen LogP contribution in [0.2, 0.25) is 0 Å². The fraction of sp³-hybridized carbons (Fsp3) is 0.267. The molecule has 1 aromatic carbocycles. The van der Waals surface area contributed by atoms with Gasteiger partial charge < -0.3 is 9.32 Å². The third kappa shape index (κ3) is 4.33. The van der Waals surface area contributed by atoms with Crippen LogP contribution in [0.5, 0.6) is 0 Å². The molecular formula is C15H16BrNO2. The molecule has 0 saturated carbocycles. The maximum absolute atomic E-state index is 12.0. The minimum Gasteiger partial charge on any atom is -0.472 e. The summed E-state index contributed by atoms with van der Waals surface area (Å²) in [6, 6.07) is 9.42. The molecule has 0 spiro atoms. The van der Waals surface area contributed by atoms with Gasteiger partial charge in [0.15, 0.2) is 5.78 Å². The zero-order valence-electron chi connectivity index (χ0n) is 10.8. The van der Waals surface area contributed by atoms with Crippen LogP contribution in [-0.4, -0.2) is 24.3 Å². The van der Waals surface area contributed by atoms with Crippen LogP contribution in [0.15, 0.2) is 51.7 Å². The van der Waals surface area contributed by atoms with Crippen LogP contribution in [0, 0.1) is 0 Å². The molecule has 0 saturated heterocycles. The number of carbonyl (C=O) groups is 1. The number of carbonyl (C=O) groups excluding carboxylic acids is 1. The number of benzene rings is 1. The number of nitrogens with zero attached hydrogens (tertiary/aromatic N) is 1. The molecule has 1 heterocycles. The van der Waals surface area contributed by atoms with Gasteiger partial charge in [0.05, 0.1) is 12.5 Å². The van der Waals surface area contributed by atoms with Crippen molar-refractivity contribution in [1.29, 1.82) is 0 Å². The summed E-state index contributed by atoms with van der Waals surface area (Å²) in [5, 5.41) is 0. The molecule has 1 aromatic heterocycles. The molecule has 3 nitrogen and oxygen atoms in total. The Morgan fingerprint density at radius 3 is 2.63 bits per heavy atom. The fourth-order valence-electron chi connectivity index (χ4n) is 1.85. The Balaban J connectivity index is 1.81. The van der Waals surface area contributed by atoms with Crippen molar-refractivity contribution in [3.05, 3.63) is 58.5 Å². The second-order valence-corrected chi connectivity index (χ2v) is 5.47. The second-order valence-electron chi connectivity index (χ2n) is 4.55. The highest BCUT2D eigenvalue weighted by Crippen LogP contribution is 2.12. The van der Waals surface area contributed by atoms with Crippen molar-refractivity contribution in [2.24, 2.45) is 0 Å². The number of halogens is 1. The van der Waals surface area contributed by atoms with E-state index >= 15 is 0 Å². The number of Topliss-reactive ketones (excluding diaryl/α,β-unsaturated/α-hetero) is 1. The number of rotatable bonds is 6. The van der Waals surface area contributed by atoms with Crippen molar-refractivity contribution in [2.45, 2.75) is 13.0 Å². The third-order valence-electron chi connectivity index (χ3n) is 2.92. The van der Waals surface area contributed by atoms with Gasteiger partial charge >= 0.3 is 0 Å².